The Bertz CT molecular complexity index is 599. The highest BCUT2D eigenvalue weighted by Crippen LogP contribution is 2.12. The first-order chi connectivity index (χ1) is 7.92. The monoisotopic (exact) mass is 208 g/mol. The molecule has 0 spiro atoms. The molecular formula is C13H10N3. The van der Waals surface area contributed by atoms with Crippen LogP contribution in [0.25, 0.3) is 11.0 Å². The molecule has 1 radical (unpaired) electrons. The lowest BCUT2D eigenvalue weighted by Crippen LogP contribution is -1.92. The summed E-state index contributed by atoms with van der Waals surface area (Å²) in [6.07, 6.45) is 6.24. The van der Waals surface area contributed by atoms with Gasteiger partial charge in [-0.05, 0) is 23.8 Å². The van der Waals surface area contributed by atoms with Crippen LogP contribution in [0.2, 0.25) is 0 Å². The number of pyridine rings is 2. The second-order valence-electron chi connectivity index (χ2n) is 3.67. The lowest BCUT2D eigenvalue weighted by atomic mass is 10.1. The van der Waals surface area contributed by atoms with Crippen molar-refractivity contribution in [1.82, 2.24) is 15.0 Å². The summed E-state index contributed by atoms with van der Waals surface area (Å²) in [6.45, 7) is 0. The molecule has 0 fully saturated rings. The van der Waals surface area contributed by atoms with Crippen molar-refractivity contribution in [3.05, 3.63) is 60.2 Å². The molecule has 3 aromatic rings. The Labute approximate surface area is 93.2 Å². The molecular weight excluding hydrogens is 198 g/mol. The number of hydrogen-bond acceptors (Lipinski definition) is 2. The van der Waals surface area contributed by atoms with Crippen molar-refractivity contribution < 1.29 is 0 Å². The number of nitrogens with one attached hydrogen (secondary N) is 1. The summed E-state index contributed by atoms with van der Waals surface area (Å²) >= 11 is 0. The molecule has 0 aliphatic heterocycles. The summed E-state index contributed by atoms with van der Waals surface area (Å²) in [4.78, 5) is 11.7. The molecule has 3 heterocycles. The van der Waals surface area contributed by atoms with Crippen molar-refractivity contribution in [2.24, 2.45) is 0 Å². The lowest BCUT2D eigenvalue weighted by molar-refractivity contribution is 1.07. The highest BCUT2D eigenvalue weighted by atomic mass is 14.8. The molecule has 3 rings (SSSR count). The average Bonchev–Trinajstić information content (AvgIpc) is 2.77. The zero-order valence-corrected chi connectivity index (χ0v) is 8.64. The van der Waals surface area contributed by atoms with Crippen molar-refractivity contribution in [2.75, 3.05) is 0 Å². The van der Waals surface area contributed by atoms with Gasteiger partial charge < -0.3 is 4.98 Å². The molecule has 0 saturated heterocycles. The van der Waals surface area contributed by atoms with Crippen LogP contribution in [-0.2, 0) is 6.42 Å². The highest BCUT2D eigenvalue weighted by molar-refractivity contribution is 5.74. The van der Waals surface area contributed by atoms with E-state index in [-0.39, 0.29) is 0 Å². The molecule has 3 aromatic heterocycles. The fourth-order valence-electron chi connectivity index (χ4n) is 1.72. The third kappa shape index (κ3) is 1.67. The summed E-state index contributed by atoms with van der Waals surface area (Å²) in [7, 11) is 0. The van der Waals surface area contributed by atoms with Gasteiger partial charge in [-0.25, -0.2) is 4.98 Å². The van der Waals surface area contributed by atoms with Crippen LogP contribution in [0.15, 0.2) is 42.9 Å². The minimum atomic E-state index is 0.808. The van der Waals surface area contributed by atoms with Crippen LogP contribution in [0.3, 0.4) is 0 Å². The summed E-state index contributed by atoms with van der Waals surface area (Å²) in [5, 5.41) is 1.02. The number of aromatic amines is 1. The Balaban J connectivity index is 1.94. The zero-order valence-electron chi connectivity index (χ0n) is 8.64. The van der Waals surface area contributed by atoms with Gasteiger partial charge in [0.2, 0.25) is 0 Å². The van der Waals surface area contributed by atoms with Crippen molar-refractivity contribution in [3.63, 3.8) is 0 Å². The van der Waals surface area contributed by atoms with E-state index < -0.39 is 0 Å². The smallest absolute Gasteiger partial charge is 0.138 e. The molecule has 0 aliphatic carbocycles. The predicted octanol–water partition coefficient (Wildman–Crippen LogP) is 2.35. The van der Waals surface area contributed by atoms with Crippen molar-refractivity contribution in [2.45, 2.75) is 6.42 Å². The molecule has 0 unspecified atom stereocenters. The molecule has 3 heteroatoms. The van der Waals surface area contributed by atoms with Crippen LogP contribution in [-0.4, -0.2) is 15.0 Å². The fourth-order valence-corrected chi connectivity index (χ4v) is 1.72. The quantitative estimate of drug-likeness (QED) is 0.702. The minimum absolute atomic E-state index is 0.808. The third-order valence-electron chi connectivity index (χ3n) is 2.50. The summed E-state index contributed by atoms with van der Waals surface area (Å²) in [6, 6.07) is 11.1. The van der Waals surface area contributed by atoms with E-state index >= 15 is 0 Å². The van der Waals surface area contributed by atoms with E-state index in [4.69, 9.17) is 0 Å². The van der Waals surface area contributed by atoms with Gasteiger partial charge in [-0.1, -0.05) is 6.07 Å². The van der Waals surface area contributed by atoms with Gasteiger partial charge in [0.15, 0.2) is 0 Å². The second kappa shape index (κ2) is 3.77. The molecule has 77 valence electrons. The topological polar surface area (TPSA) is 41.6 Å². The van der Waals surface area contributed by atoms with E-state index in [0.717, 1.165) is 23.1 Å². The molecule has 0 saturated carbocycles. The molecule has 1 N–H and O–H groups in total. The first-order valence-corrected chi connectivity index (χ1v) is 5.15. The highest BCUT2D eigenvalue weighted by Gasteiger charge is 2.00. The molecule has 0 atom stereocenters. The molecule has 0 aromatic carbocycles. The van der Waals surface area contributed by atoms with Gasteiger partial charge in [-0.3, -0.25) is 4.98 Å². The van der Waals surface area contributed by atoms with Gasteiger partial charge in [-0.2, -0.15) is 0 Å². The molecule has 0 amide bonds. The third-order valence-corrected chi connectivity index (χ3v) is 2.50. The lowest BCUT2D eigenvalue weighted by Gasteiger charge is -2.00. The molecule has 0 aliphatic rings. The number of fused-ring (bicyclic) bond motifs is 1. The van der Waals surface area contributed by atoms with Gasteiger partial charge in [0.1, 0.15) is 5.65 Å². The van der Waals surface area contributed by atoms with Crippen molar-refractivity contribution in [3.8, 4) is 0 Å². The van der Waals surface area contributed by atoms with Crippen LogP contribution >= 0.6 is 0 Å². The number of nitrogens with zero attached hydrogens (tertiary/aromatic N) is 2. The van der Waals surface area contributed by atoms with Gasteiger partial charge in [0.05, 0.1) is 0 Å². The van der Waals surface area contributed by atoms with Crippen LogP contribution in [0, 0.1) is 6.07 Å². The summed E-state index contributed by atoms with van der Waals surface area (Å²) < 4.78 is 0. The van der Waals surface area contributed by atoms with E-state index in [9.17, 15) is 0 Å². The summed E-state index contributed by atoms with van der Waals surface area (Å²) in [5.41, 5.74) is 3.10. The largest absolute Gasteiger partial charge is 0.346 e. The number of aromatic nitrogens is 3. The Morgan fingerprint density at radius 2 is 2.25 bits per heavy atom. The Morgan fingerprint density at radius 3 is 3.12 bits per heavy atom. The Morgan fingerprint density at radius 1 is 1.25 bits per heavy atom. The Hall–Kier alpha value is -2.16. The molecule has 16 heavy (non-hydrogen) atoms. The molecule has 3 nitrogen and oxygen atoms in total. The van der Waals surface area contributed by atoms with Gasteiger partial charge in [0, 0.05) is 42.2 Å². The second-order valence-corrected chi connectivity index (χ2v) is 3.67. The van der Waals surface area contributed by atoms with Crippen LogP contribution in [0.4, 0.5) is 0 Å². The van der Waals surface area contributed by atoms with Gasteiger partial charge >= 0.3 is 0 Å². The average molecular weight is 208 g/mol. The number of hydrogen-bond donors (Lipinski definition) is 1. The van der Waals surface area contributed by atoms with E-state index in [1.165, 1.54) is 5.56 Å². The Kier molecular flexibility index (Phi) is 2.14. The first-order valence-electron chi connectivity index (χ1n) is 5.15. The maximum absolute atomic E-state index is 4.52. The minimum Gasteiger partial charge on any atom is -0.346 e. The SMILES string of the molecule is [c]1c[nH]c2nc(Cc3cccnc3)ccc12. The van der Waals surface area contributed by atoms with E-state index in [0.29, 0.717) is 0 Å². The maximum Gasteiger partial charge on any atom is 0.138 e. The first kappa shape index (κ1) is 9.09. The standard InChI is InChI=1S/C13H10N3/c1-2-10(9-14-6-1)8-12-4-3-11-5-7-15-13(11)16-12/h1-4,6-7,9H,8H2,(H,15,16). The predicted molar refractivity (Wildman–Crippen MR) is 62.0 cm³/mol. The van der Waals surface area contributed by atoms with Crippen LogP contribution < -0.4 is 0 Å². The fraction of sp³-hybridized carbons (Fsp3) is 0.0769. The normalized spacial score (nSPS) is 10.8. The van der Waals surface area contributed by atoms with E-state index in [2.05, 4.69) is 27.1 Å². The van der Waals surface area contributed by atoms with E-state index in [1.54, 1.807) is 12.4 Å². The maximum atomic E-state index is 4.52. The van der Waals surface area contributed by atoms with Crippen LogP contribution in [0.5, 0.6) is 0 Å². The van der Waals surface area contributed by atoms with E-state index in [1.807, 2.05) is 24.4 Å². The summed E-state index contributed by atoms with van der Waals surface area (Å²) in [5.74, 6) is 0. The molecule has 0 bridgehead atoms. The van der Waals surface area contributed by atoms with Crippen molar-refractivity contribution in [1.29, 1.82) is 0 Å². The van der Waals surface area contributed by atoms with Gasteiger partial charge in [0.25, 0.3) is 0 Å². The van der Waals surface area contributed by atoms with Crippen LogP contribution in [0.1, 0.15) is 11.3 Å². The van der Waals surface area contributed by atoms with Crippen molar-refractivity contribution >= 4 is 11.0 Å². The number of H-pyrrole nitrogens is 1. The van der Waals surface area contributed by atoms with Gasteiger partial charge in [-0.15, -0.1) is 0 Å². The number of rotatable bonds is 2. The zero-order chi connectivity index (χ0) is 10.8.